The standard InChI is InChI=1S/C18H20BIO2/c19-17-10-11-18(21-14-15-7-3-1-4-8-15)16(13-17)9-5-2-6-12-22-20/h1,3-4,7-8,13H,5,9-12,14,19H2. The predicted octanol–water partition coefficient (Wildman–Crippen LogP) is 3.92. The summed E-state index contributed by atoms with van der Waals surface area (Å²) >= 11 is 1.86. The molecule has 0 saturated heterocycles. The van der Waals surface area contributed by atoms with Crippen LogP contribution in [0.25, 0.3) is 0 Å². The maximum atomic E-state index is 6.07. The van der Waals surface area contributed by atoms with E-state index in [0.29, 0.717) is 13.2 Å². The molecule has 0 bridgehead atoms. The van der Waals surface area contributed by atoms with Gasteiger partial charge in [-0.3, -0.25) is 0 Å². The summed E-state index contributed by atoms with van der Waals surface area (Å²) in [5, 5.41) is 0. The van der Waals surface area contributed by atoms with Crippen molar-refractivity contribution in [3.8, 4) is 11.8 Å². The number of rotatable bonds is 6. The fourth-order valence-corrected chi connectivity index (χ4v) is 2.56. The summed E-state index contributed by atoms with van der Waals surface area (Å²) in [5.74, 6) is 7.27. The average Bonchev–Trinajstić information content (AvgIpc) is 2.55. The molecule has 0 N–H and O–H groups in total. The highest BCUT2D eigenvalue weighted by atomic mass is 127. The molecule has 0 amide bonds. The Labute approximate surface area is 148 Å². The lowest BCUT2D eigenvalue weighted by molar-refractivity contribution is 0.184. The monoisotopic (exact) mass is 406 g/mol. The highest BCUT2D eigenvalue weighted by molar-refractivity contribution is 14.1. The molecule has 0 spiro atoms. The Morgan fingerprint density at radius 1 is 1.14 bits per heavy atom. The van der Waals surface area contributed by atoms with Crippen molar-refractivity contribution < 1.29 is 7.80 Å². The van der Waals surface area contributed by atoms with Gasteiger partial charge in [0, 0.05) is 12.8 Å². The van der Waals surface area contributed by atoms with Crippen LogP contribution in [0.1, 0.15) is 31.2 Å². The summed E-state index contributed by atoms with van der Waals surface area (Å²) in [6, 6.07) is 10.3. The molecule has 0 unspecified atom stereocenters. The number of benzene rings is 1. The topological polar surface area (TPSA) is 18.5 Å². The van der Waals surface area contributed by atoms with Crippen LogP contribution in [-0.2, 0) is 14.4 Å². The van der Waals surface area contributed by atoms with Crippen molar-refractivity contribution in [3.05, 3.63) is 58.8 Å². The zero-order chi connectivity index (χ0) is 15.6. The first-order chi connectivity index (χ1) is 10.8. The molecule has 1 aliphatic rings. The van der Waals surface area contributed by atoms with Crippen LogP contribution in [0.3, 0.4) is 0 Å². The van der Waals surface area contributed by atoms with Crippen molar-refractivity contribution in [1.29, 1.82) is 0 Å². The molecule has 22 heavy (non-hydrogen) atoms. The number of ether oxygens (including phenoxy) is 1. The third-order valence-electron chi connectivity index (χ3n) is 3.55. The van der Waals surface area contributed by atoms with E-state index in [4.69, 9.17) is 7.80 Å². The lowest BCUT2D eigenvalue weighted by Crippen LogP contribution is -2.04. The summed E-state index contributed by atoms with van der Waals surface area (Å²) in [7, 11) is 2.18. The van der Waals surface area contributed by atoms with Gasteiger partial charge in [-0.15, -0.1) is 11.4 Å². The Morgan fingerprint density at radius 2 is 1.95 bits per heavy atom. The van der Waals surface area contributed by atoms with Gasteiger partial charge in [0.15, 0.2) is 0 Å². The van der Waals surface area contributed by atoms with Crippen LogP contribution >= 0.6 is 23.0 Å². The minimum atomic E-state index is 0.492. The molecule has 0 radical (unpaired) electrons. The molecule has 1 aromatic rings. The number of hydrogen-bond donors (Lipinski definition) is 0. The zero-order valence-electron chi connectivity index (χ0n) is 12.9. The van der Waals surface area contributed by atoms with Crippen LogP contribution in [-0.4, -0.2) is 14.5 Å². The molecule has 0 heterocycles. The summed E-state index contributed by atoms with van der Waals surface area (Å²) in [4.78, 5) is 0. The molecule has 2 rings (SSSR count). The molecule has 0 aromatic heterocycles. The molecule has 4 heteroatoms. The summed E-state index contributed by atoms with van der Waals surface area (Å²) in [6.45, 7) is 1.13. The number of halogens is 1. The highest BCUT2D eigenvalue weighted by Gasteiger charge is 2.12. The Balaban J connectivity index is 1.97. The van der Waals surface area contributed by atoms with Crippen LogP contribution in [0.15, 0.2) is 53.2 Å². The van der Waals surface area contributed by atoms with Gasteiger partial charge in [-0.25, -0.2) is 0 Å². The van der Waals surface area contributed by atoms with E-state index in [1.165, 1.54) is 16.6 Å². The molecule has 0 saturated carbocycles. The van der Waals surface area contributed by atoms with Crippen molar-refractivity contribution in [2.75, 3.05) is 6.61 Å². The van der Waals surface area contributed by atoms with Crippen molar-refractivity contribution in [1.82, 2.24) is 0 Å². The molecule has 0 fully saturated rings. The van der Waals surface area contributed by atoms with Gasteiger partial charge >= 0.3 is 0 Å². The summed E-state index contributed by atoms with van der Waals surface area (Å²) < 4.78 is 11.0. The van der Waals surface area contributed by atoms with Crippen LogP contribution in [0.2, 0.25) is 0 Å². The van der Waals surface area contributed by atoms with Gasteiger partial charge in [0.25, 0.3) is 0 Å². The van der Waals surface area contributed by atoms with E-state index in [1.807, 2.05) is 41.2 Å². The van der Waals surface area contributed by atoms with Gasteiger partial charge in [-0.05, 0) is 24.0 Å². The largest absolute Gasteiger partial charge is 0.493 e. The second kappa shape index (κ2) is 9.76. The third-order valence-corrected chi connectivity index (χ3v) is 3.86. The zero-order valence-corrected chi connectivity index (χ0v) is 15.1. The predicted molar refractivity (Wildman–Crippen MR) is 101 cm³/mol. The molecule has 0 atom stereocenters. The Kier molecular flexibility index (Phi) is 7.62. The van der Waals surface area contributed by atoms with Gasteiger partial charge in [0.05, 0.1) is 5.76 Å². The van der Waals surface area contributed by atoms with E-state index in [1.54, 1.807) is 0 Å². The number of hydrogen-bond acceptors (Lipinski definition) is 2. The normalized spacial score (nSPS) is 14.1. The smallest absolute Gasteiger partial charge is 0.133 e. The lowest BCUT2D eigenvalue weighted by Gasteiger charge is -2.19. The summed E-state index contributed by atoms with van der Waals surface area (Å²) in [6.07, 6.45) is 6.13. The van der Waals surface area contributed by atoms with Crippen molar-refractivity contribution in [3.63, 3.8) is 0 Å². The van der Waals surface area contributed by atoms with E-state index >= 15 is 0 Å². The van der Waals surface area contributed by atoms with E-state index in [0.717, 1.165) is 31.4 Å². The molecular weight excluding hydrogens is 386 g/mol. The first-order valence-electron chi connectivity index (χ1n) is 7.55. The Morgan fingerprint density at radius 3 is 2.73 bits per heavy atom. The highest BCUT2D eigenvalue weighted by Crippen LogP contribution is 2.27. The van der Waals surface area contributed by atoms with Gasteiger partial charge in [-0.2, -0.15) is 0 Å². The second-order valence-electron chi connectivity index (χ2n) is 5.32. The average molecular weight is 406 g/mol. The minimum Gasteiger partial charge on any atom is -0.493 e. The van der Waals surface area contributed by atoms with E-state index in [2.05, 4.69) is 37.9 Å². The molecular formula is C18H20BIO2. The van der Waals surface area contributed by atoms with Crippen molar-refractivity contribution in [2.24, 2.45) is 0 Å². The van der Waals surface area contributed by atoms with Crippen LogP contribution in [0.4, 0.5) is 0 Å². The lowest BCUT2D eigenvalue weighted by atomic mass is 9.84. The van der Waals surface area contributed by atoms with Gasteiger partial charge in [0.2, 0.25) is 0 Å². The SMILES string of the molecule is BC1=CC(CCC#CCOI)=C(OCc2ccccc2)CC1. The molecule has 0 aliphatic heterocycles. The van der Waals surface area contributed by atoms with Crippen LogP contribution in [0, 0.1) is 11.8 Å². The molecule has 2 nitrogen and oxygen atoms in total. The van der Waals surface area contributed by atoms with Crippen LogP contribution < -0.4 is 0 Å². The van der Waals surface area contributed by atoms with E-state index < -0.39 is 0 Å². The third kappa shape index (κ3) is 5.90. The Bertz CT molecular complexity index is 597. The maximum absolute atomic E-state index is 6.07. The van der Waals surface area contributed by atoms with Crippen molar-refractivity contribution >= 4 is 30.9 Å². The fraction of sp³-hybridized carbons (Fsp3) is 0.333. The first kappa shape index (κ1) is 17.2. The molecule has 1 aliphatic carbocycles. The van der Waals surface area contributed by atoms with Gasteiger partial charge in [-0.1, -0.05) is 42.3 Å². The van der Waals surface area contributed by atoms with Gasteiger partial charge in [0.1, 0.15) is 44.1 Å². The minimum absolute atomic E-state index is 0.492. The van der Waals surface area contributed by atoms with E-state index in [9.17, 15) is 0 Å². The fourth-order valence-electron chi connectivity index (χ4n) is 2.41. The molecule has 1 aromatic carbocycles. The number of allylic oxidation sites excluding steroid dienone is 4. The Hall–Kier alpha value is -1.19. The molecule has 114 valence electrons. The summed E-state index contributed by atoms with van der Waals surface area (Å²) in [5.41, 5.74) is 3.93. The van der Waals surface area contributed by atoms with E-state index in [-0.39, 0.29) is 0 Å². The quantitative estimate of drug-likeness (QED) is 0.405. The van der Waals surface area contributed by atoms with Gasteiger partial charge < -0.3 is 7.80 Å². The van der Waals surface area contributed by atoms with Crippen LogP contribution in [0.5, 0.6) is 0 Å². The second-order valence-corrected chi connectivity index (χ2v) is 5.94. The first-order valence-corrected chi connectivity index (χ1v) is 8.43. The van der Waals surface area contributed by atoms with Crippen molar-refractivity contribution in [2.45, 2.75) is 32.3 Å². The maximum Gasteiger partial charge on any atom is 0.133 e.